The lowest BCUT2D eigenvalue weighted by Crippen LogP contribution is -1.97. The van der Waals surface area contributed by atoms with Crippen molar-refractivity contribution in [3.63, 3.8) is 0 Å². The number of aromatic nitrogens is 1. The summed E-state index contributed by atoms with van der Waals surface area (Å²) in [6.07, 6.45) is 1.46. The molecule has 1 aromatic carbocycles. The first-order valence-corrected chi connectivity index (χ1v) is 7.38. The Balaban J connectivity index is 2.47. The van der Waals surface area contributed by atoms with Gasteiger partial charge in [0.25, 0.3) is 0 Å². The van der Waals surface area contributed by atoms with E-state index >= 15 is 0 Å². The van der Waals surface area contributed by atoms with Crippen molar-refractivity contribution in [3.8, 4) is 11.6 Å². The van der Waals surface area contributed by atoms with Gasteiger partial charge in [0, 0.05) is 22.8 Å². The molecule has 0 aliphatic heterocycles. The van der Waals surface area contributed by atoms with Crippen LogP contribution in [0.15, 0.2) is 37.8 Å². The summed E-state index contributed by atoms with van der Waals surface area (Å²) in [5.74, 6) is -0.803. The van der Waals surface area contributed by atoms with Crippen LogP contribution in [0.3, 0.4) is 0 Å². The number of halogens is 4. The summed E-state index contributed by atoms with van der Waals surface area (Å²) in [6, 6.07) is 3.62. The van der Waals surface area contributed by atoms with E-state index in [1.54, 1.807) is 6.07 Å². The van der Waals surface area contributed by atoms with E-state index < -0.39 is 10.7 Å². The molecule has 9 heteroatoms. The van der Waals surface area contributed by atoms with E-state index in [0.717, 1.165) is 12.1 Å². The van der Waals surface area contributed by atoms with Crippen molar-refractivity contribution in [2.45, 2.75) is 0 Å². The molecule has 0 aliphatic rings. The van der Waals surface area contributed by atoms with E-state index in [0.29, 0.717) is 8.95 Å². The van der Waals surface area contributed by atoms with Crippen LogP contribution in [-0.2, 0) is 0 Å². The maximum atomic E-state index is 13.5. The van der Waals surface area contributed by atoms with Gasteiger partial charge in [-0.3, -0.25) is 10.1 Å². The third-order valence-electron chi connectivity index (χ3n) is 2.18. The van der Waals surface area contributed by atoms with Crippen LogP contribution in [0.1, 0.15) is 0 Å². The molecular weight excluding hydrogens is 467 g/mol. The lowest BCUT2D eigenvalue weighted by Gasteiger charge is -2.08. The minimum absolute atomic E-state index is 0.0145. The summed E-state index contributed by atoms with van der Waals surface area (Å²) in [6.45, 7) is 0. The minimum atomic E-state index is -0.668. The van der Waals surface area contributed by atoms with E-state index in [4.69, 9.17) is 4.74 Å². The Morgan fingerprint density at radius 3 is 2.50 bits per heavy atom. The van der Waals surface area contributed by atoms with Gasteiger partial charge in [0.05, 0.1) is 13.9 Å². The second kappa shape index (κ2) is 6.15. The summed E-state index contributed by atoms with van der Waals surface area (Å²) in [7, 11) is 0. The standard InChI is InChI=1S/C11H4Br3FN2O3/c12-5-1-7(14)11(16-4-5)20-10-3-8(15)6(13)2-9(10)17(18)19/h1-4H. The number of benzene rings is 1. The van der Waals surface area contributed by atoms with Gasteiger partial charge in [0.2, 0.25) is 11.6 Å². The minimum Gasteiger partial charge on any atom is -0.431 e. The first-order chi connectivity index (χ1) is 9.38. The van der Waals surface area contributed by atoms with Gasteiger partial charge in [-0.05, 0) is 53.9 Å². The number of nitro benzene ring substituents is 1. The molecular formula is C11H4Br3FN2O3. The number of rotatable bonds is 3. The van der Waals surface area contributed by atoms with Crippen LogP contribution in [0.4, 0.5) is 10.1 Å². The highest BCUT2D eigenvalue weighted by molar-refractivity contribution is 9.11. The number of nitrogens with zero attached hydrogens (tertiary/aromatic N) is 2. The zero-order valence-corrected chi connectivity index (χ0v) is 14.2. The second-order valence-electron chi connectivity index (χ2n) is 3.53. The van der Waals surface area contributed by atoms with Crippen molar-refractivity contribution in [3.05, 3.63) is 53.7 Å². The molecule has 104 valence electrons. The Kier molecular flexibility index (Phi) is 4.71. The molecule has 0 saturated heterocycles. The normalized spacial score (nSPS) is 10.4. The van der Waals surface area contributed by atoms with Crippen LogP contribution in [0.5, 0.6) is 11.6 Å². The lowest BCUT2D eigenvalue weighted by molar-refractivity contribution is -0.385. The van der Waals surface area contributed by atoms with Crippen LogP contribution in [-0.4, -0.2) is 9.91 Å². The fourth-order valence-corrected chi connectivity index (χ4v) is 2.72. The first kappa shape index (κ1) is 15.3. The van der Waals surface area contributed by atoms with Gasteiger partial charge >= 0.3 is 5.69 Å². The molecule has 0 bridgehead atoms. The van der Waals surface area contributed by atoms with Crippen LogP contribution >= 0.6 is 47.8 Å². The van der Waals surface area contributed by atoms with Crippen molar-refractivity contribution >= 4 is 53.5 Å². The number of pyridine rings is 1. The average Bonchev–Trinajstić information content (AvgIpc) is 2.36. The molecule has 0 fully saturated rings. The molecule has 1 heterocycles. The van der Waals surface area contributed by atoms with Crippen molar-refractivity contribution in [2.75, 3.05) is 0 Å². The highest BCUT2D eigenvalue weighted by Crippen LogP contribution is 2.37. The number of hydrogen-bond acceptors (Lipinski definition) is 4. The highest BCUT2D eigenvalue weighted by atomic mass is 79.9. The largest absolute Gasteiger partial charge is 0.431 e. The Labute approximate surface area is 137 Å². The summed E-state index contributed by atoms with van der Waals surface area (Å²) in [5, 5.41) is 11.0. The first-order valence-electron chi connectivity index (χ1n) is 5.01. The van der Waals surface area contributed by atoms with Gasteiger partial charge in [-0.2, -0.15) is 0 Å². The Hall–Kier alpha value is -1.06. The third kappa shape index (κ3) is 3.33. The second-order valence-corrected chi connectivity index (χ2v) is 6.16. The molecule has 5 nitrogen and oxygen atoms in total. The van der Waals surface area contributed by atoms with Gasteiger partial charge < -0.3 is 4.74 Å². The Bertz CT molecular complexity index is 697. The highest BCUT2D eigenvalue weighted by Gasteiger charge is 2.20. The molecule has 1 aromatic heterocycles. The van der Waals surface area contributed by atoms with Crippen LogP contribution in [0.2, 0.25) is 0 Å². The molecule has 0 amide bonds. The summed E-state index contributed by atoms with van der Waals surface area (Å²) < 4.78 is 20.0. The van der Waals surface area contributed by atoms with Crippen LogP contribution < -0.4 is 4.74 Å². The fourth-order valence-electron chi connectivity index (χ4n) is 1.32. The number of nitro groups is 1. The van der Waals surface area contributed by atoms with E-state index in [-0.39, 0.29) is 21.8 Å². The number of hydrogen-bond donors (Lipinski definition) is 0. The fraction of sp³-hybridized carbons (Fsp3) is 0. The molecule has 0 unspecified atom stereocenters. The van der Waals surface area contributed by atoms with Crippen molar-refractivity contribution in [2.24, 2.45) is 0 Å². The molecule has 0 spiro atoms. The number of ether oxygens (including phenoxy) is 1. The topological polar surface area (TPSA) is 65.3 Å². The van der Waals surface area contributed by atoms with Crippen molar-refractivity contribution in [1.29, 1.82) is 0 Å². The van der Waals surface area contributed by atoms with E-state index in [1.807, 2.05) is 0 Å². The molecule has 20 heavy (non-hydrogen) atoms. The van der Waals surface area contributed by atoms with Gasteiger partial charge in [-0.15, -0.1) is 0 Å². The molecule has 2 rings (SSSR count). The van der Waals surface area contributed by atoms with E-state index in [9.17, 15) is 14.5 Å². The molecule has 0 radical (unpaired) electrons. The predicted molar refractivity (Wildman–Crippen MR) is 80.5 cm³/mol. The third-order valence-corrected chi connectivity index (χ3v) is 3.79. The van der Waals surface area contributed by atoms with Crippen LogP contribution in [0.25, 0.3) is 0 Å². The van der Waals surface area contributed by atoms with Crippen molar-refractivity contribution < 1.29 is 14.1 Å². The Morgan fingerprint density at radius 1 is 1.20 bits per heavy atom. The van der Waals surface area contributed by atoms with Crippen molar-refractivity contribution in [1.82, 2.24) is 4.98 Å². The Morgan fingerprint density at radius 2 is 1.90 bits per heavy atom. The van der Waals surface area contributed by atoms with Gasteiger partial charge in [-0.1, -0.05) is 0 Å². The SMILES string of the molecule is O=[N+]([O-])c1cc(Br)c(F)cc1Oc1ncc(Br)cc1Br. The lowest BCUT2D eigenvalue weighted by atomic mass is 10.3. The van der Waals surface area contributed by atoms with Gasteiger partial charge in [0.15, 0.2) is 0 Å². The smallest absolute Gasteiger partial charge is 0.312 e. The maximum Gasteiger partial charge on any atom is 0.312 e. The summed E-state index contributed by atoms with van der Waals surface area (Å²) in [4.78, 5) is 14.2. The molecule has 0 atom stereocenters. The maximum absolute atomic E-state index is 13.5. The predicted octanol–water partition coefficient (Wildman–Crippen LogP) is 5.21. The summed E-state index contributed by atoms with van der Waals surface area (Å²) in [5.41, 5.74) is -0.366. The van der Waals surface area contributed by atoms with Crippen LogP contribution in [0, 0.1) is 15.9 Å². The van der Waals surface area contributed by atoms with E-state index in [1.165, 1.54) is 6.20 Å². The molecule has 0 saturated carbocycles. The molecule has 2 aromatic rings. The molecule has 0 N–H and O–H groups in total. The zero-order valence-electron chi connectivity index (χ0n) is 9.44. The average molecular weight is 471 g/mol. The molecule has 0 aliphatic carbocycles. The summed E-state index contributed by atoms with van der Waals surface area (Å²) >= 11 is 9.32. The zero-order chi connectivity index (χ0) is 14.9. The van der Waals surface area contributed by atoms with Gasteiger partial charge in [0.1, 0.15) is 5.82 Å². The van der Waals surface area contributed by atoms with Gasteiger partial charge in [-0.25, -0.2) is 9.37 Å². The monoisotopic (exact) mass is 468 g/mol. The quantitative estimate of drug-likeness (QED) is 0.456. The van der Waals surface area contributed by atoms with E-state index in [2.05, 4.69) is 52.8 Å².